The van der Waals surface area contributed by atoms with Crippen LogP contribution in [0.5, 0.6) is 0 Å². The first-order valence-electron chi connectivity index (χ1n) is 7.20. The second kappa shape index (κ2) is 9.16. The lowest BCUT2D eigenvalue weighted by Gasteiger charge is -2.24. The number of benzene rings is 1. The molecule has 0 aliphatic rings. The van der Waals surface area contributed by atoms with Crippen molar-refractivity contribution in [1.82, 2.24) is 0 Å². The molecule has 0 aliphatic carbocycles. The van der Waals surface area contributed by atoms with Crippen LogP contribution in [0.4, 0.5) is 0 Å². The zero-order valence-electron chi connectivity index (χ0n) is 13.4. The first-order valence-corrected chi connectivity index (χ1v) is 7.20. The van der Waals surface area contributed by atoms with Crippen LogP contribution in [0, 0.1) is 0 Å². The van der Waals surface area contributed by atoms with Gasteiger partial charge in [-0.25, -0.2) is 19.2 Å². The highest BCUT2D eigenvalue weighted by atomic mass is 16.6. The minimum absolute atomic E-state index is 0.587. The number of aromatic carboxylic acids is 2. The van der Waals surface area contributed by atoms with Gasteiger partial charge >= 0.3 is 23.9 Å². The van der Waals surface area contributed by atoms with Crippen LogP contribution in [0.3, 0.4) is 0 Å². The van der Waals surface area contributed by atoms with Crippen molar-refractivity contribution < 1.29 is 59.7 Å². The van der Waals surface area contributed by atoms with Gasteiger partial charge in [0.05, 0.1) is 23.3 Å². The lowest BCUT2D eigenvalue weighted by Crippen LogP contribution is -2.49. The summed E-state index contributed by atoms with van der Waals surface area (Å²) in [5.74, 6) is -6.42. The monoisotopic (exact) mass is 388 g/mol. The number of ether oxygens (including phenoxy) is 1. The number of aliphatic hydroxyl groups excluding tert-OH is 5. The van der Waals surface area contributed by atoms with Crippen LogP contribution in [0.25, 0.3) is 0 Å². The maximum Gasteiger partial charge on any atom is 0.345 e. The van der Waals surface area contributed by atoms with E-state index in [9.17, 15) is 34.5 Å². The summed E-state index contributed by atoms with van der Waals surface area (Å²) in [5, 5.41) is 64.1. The average molecular weight is 388 g/mol. The minimum Gasteiger partial charge on any atom is -0.478 e. The molecule has 0 spiro atoms. The molecule has 148 valence electrons. The van der Waals surface area contributed by atoms with Gasteiger partial charge in [-0.2, -0.15) is 0 Å². The molecule has 1 aromatic carbocycles. The first-order chi connectivity index (χ1) is 12.5. The summed E-state index contributed by atoms with van der Waals surface area (Å²) in [6.07, 6.45) is -8.88. The normalized spacial score (nSPS) is 15.3. The molecule has 7 N–H and O–H groups in total. The Morgan fingerprint density at radius 3 is 1.67 bits per heavy atom. The number of carboxylic acids is 2. The first kappa shape index (κ1) is 22.1. The Morgan fingerprint density at radius 2 is 1.26 bits per heavy atom. The molecule has 0 radical (unpaired) electrons. The molecule has 12 heteroatoms. The lowest BCUT2D eigenvalue weighted by molar-refractivity contribution is -0.164. The summed E-state index contributed by atoms with van der Waals surface area (Å²) in [6.45, 7) is -1.00. The van der Waals surface area contributed by atoms with E-state index in [1.807, 2.05) is 0 Å². The number of aliphatic hydroxyl groups is 5. The zero-order valence-corrected chi connectivity index (χ0v) is 13.4. The summed E-state index contributed by atoms with van der Waals surface area (Å²) in [6, 6.07) is 2.20. The van der Waals surface area contributed by atoms with E-state index in [0.29, 0.717) is 0 Å². The number of hydrogen-bond acceptors (Lipinski definition) is 10. The van der Waals surface area contributed by atoms with Crippen molar-refractivity contribution in [2.45, 2.75) is 24.4 Å². The molecule has 0 heterocycles. The van der Waals surface area contributed by atoms with Crippen molar-refractivity contribution >= 4 is 23.9 Å². The second-order valence-electron chi connectivity index (χ2n) is 5.29. The Bertz CT molecular complexity index is 710. The molecule has 0 aliphatic heterocycles. The van der Waals surface area contributed by atoms with Crippen LogP contribution in [0.1, 0.15) is 31.1 Å². The van der Waals surface area contributed by atoms with Gasteiger partial charge in [0.2, 0.25) is 0 Å². The van der Waals surface area contributed by atoms with Gasteiger partial charge in [-0.3, -0.25) is 0 Å². The minimum atomic E-state index is -2.51. The lowest BCUT2D eigenvalue weighted by atomic mass is 10.0. The molecule has 0 bridgehead atoms. The highest BCUT2D eigenvalue weighted by molar-refractivity contribution is 6.02. The van der Waals surface area contributed by atoms with Crippen molar-refractivity contribution in [1.29, 1.82) is 0 Å². The fourth-order valence-electron chi connectivity index (χ4n) is 1.86. The van der Waals surface area contributed by atoms with Gasteiger partial charge in [0, 0.05) is 0 Å². The van der Waals surface area contributed by atoms with Gasteiger partial charge in [-0.1, -0.05) is 0 Å². The number of hydrogen-bond donors (Lipinski definition) is 7. The predicted octanol–water partition coefficient (Wildman–Crippen LogP) is -2.80. The van der Waals surface area contributed by atoms with E-state index < -0.39 is 71.6 Å². The Hall–Kier alpha value is -2.90. The maximum atomic E-state index is 11.9. The molecule has 1 rings (SSSR count). The molecule has 0 fully saturated rings. The average Bonchev–Trinajstić information content (AvgIpc) is 2.64. The van der Waals surface area contributed by atoms with Gasteiger partial charge < -0.3 is 40.5 Å². The topological polar surface area (TPSA) is 219 Å². The van der Waals surface area contributed by atoms with E-state index in [0.717, 1.165) is 18.2 Å². The third kappa shape index (κ3) is 5.54. The summed E-state index contributed by atoms with van der Waals surface area (Å²) in [4.78, 5) is 45.6. The molecular formula is C15H16O12. The van der Waals surface area contributed by atoms with Crippen LogP contribution >= 0.6 is 0 Å². The summed E-state index contributed by atoms with van der Waals surface area (Å²) < 4.78 is 4.22. The molecular weight excluding hydrogens is 372 g/mol. The Morgan fingerprint density at radius 1 is 0.815 bits per heavy atom. The SMILES string of the molecule is O=C(O)c1cc(C(=O)O)cc(C(=O)OC(=O)[C@H](O)[C@@H](O)[C@H](O)[C@H](O)CO)c1. The van der Waals surface area contributed by atoms with Gasteiger partial charge in [-0.05, 0) is 18.2 Å². The standard InChI is InChI=1S/C15H16O12/c16-4-8(17)9(18)10(19)11(20)15(26)27-14(25)7-2-5(12(21)22)1-6(3-7)13(23)24/h1-3,8-11,16-20H,4H2,(H,21,22)(H,23,24)/t8-,9-,10+,11-/m1/s1. The van der Waals surface area contributed by atoms with Crippen LogP contribution in [0.15, 0.2) is 18.2 Å². The van der Waals surface area contributed by atoms with E-state index in [-0.39, 0.29) is 0 Å². The van der Waals surface area contributed by atoms with Crippen LogP contribution < -0.4 is 0 Å². The Labute approximate surface area is 150 Å². The second-order valence-corrected chi connectivity index (χ2v) is 5.29. The molecule has 4 atom stereocenters. The Kier molecular flexibility index (Phi) is 7.51. The molecule has 0 aromatic heterocycles. The van der Waals surface area contributed by atoms with E-state index in [1.165, 1.54) is 0 Å². The zero-order chi connectivity index (χ0) is 20.9. The third-order valence-electron chi connectivity index (χ3n) is 3.35. The van der Waals surface area contributed by atoms with Gasteiger partial charge in [0.25, 0.3) is 0 Å². The van der Waals surface area contributed by atoms with E-state index in [4.69, 9.17) is 20.4 Å². The number of esters is 2. The van der Waals surface area contributed by atoms with E-state index in [1.54, 1.807) is 0 Å². The third-order valence-corrected chi connectivity index (χ3v) is 3.35. The molecule has 1 aromatic rings. The summed E-state index contributed by atoms with van der Waals surface area (Å²) in [7, 11) is 0. The van der Waals surface area contributed by atoms with Crippen LogP contribution in [0.2, 0.25) is 0 Å². The largest absolute Gasteiger partial charge is 0.478 e. The molecule has 0 amide bonds. The van der Waals surface area contributed by atoms with Crippen molar-refractivity contribution in [3.8, 4) is 0 Å². The van der Waals surface area contributed by atoms with Crippen molar-refractivity contribution in [2.24, 2.45) is 0 Å². The fourth-order valence-corrected chi connectivity index (χ4v) is 1.86. The highest BCUT2D eigenvalue weighted by Gasteiger charge is 2.36. The molecule has 27 heavy (non-hydrogen) atoms. The number of rotatable bonds is 8. The summed E-state index contributed by atoms with van der Waals surface area (Å²) >= 11 is 0. The number of carbonyl (C=O) groups is 4. The molecule has 12 nitrogen and oxygen atoms in total. The number of carbonyl (C=O) groups excluding carboxylic acids is 2. The predicted molar refractivity (Wildman–Crippen MR) is 81.9 cm³/mol. The quantitative estimate of drug-likeness (QED) is 0.177. The van der Waals surface area contributed by atoms with Crippen molar-refractivity contribution in [3.05, 3.63) is 34.9 Å². The van der Waals surface area contributed by atoms with Crippen molar-refractivity contribution in [2.75, 3.05) is 6.61 Å². The Balaban J connectivity index is 2.99. The van der Waals surface area contributed by atoms with Crippen molar-refractivity contribution in [3.63, 3.8) is 0 Å². The number of carboxylic acid groups (broad SMARTS) is 2. The maximum absolute atomic E-state index is 11.9. The van der Waals surface area contributed by atoms with E-state index >= 15 is 0 Å². The van der Waals surface area contributed by atoms with Crippen LogP contribution in [-0.4, -0.2) is 90.6 Å². The van der Waals surface area contributed by atoms with Gasteiger partial charge in [0.15, 0.2) is 6.10 Å². The smallest absolute Gasteiger partial charge is 0.345 e. The molecule has 0 unspecified atom stereocenters. The van der Waals surface area contributed by atoms with Crippen LogP contribution in [-0.2, 0) is 9.53 Å². The fraction of sp³-hybridized carbons (Fsp3) is 0.333. The summed E-state index contributed by atoms with van der Waals surface area (Å²) in [5.41, 5.74) is -1.81. The molecule has 0 saturated carbocycles. The molecule has 0 saturated heterocycles. The van der Waals surface area contributed by atoms with E-state index in [2.05, 4.69) is 4.74 Å². The van der Waals surface area contributed by atoms with Gasteiger partial charge in [-0.15, -0.1) is 0 Å². The highest BCUT2D eigenvalue weighted by Crippen LogP contribution is 2.14. The van der Waals surface area contributed by atoms with Gasteiger partial charge in [0.1, 0.15) is 18.3 Å².